The molecule has 7 heteroatoms. The summed E-state index contributed by atoms with van der Waals surface area (Å²) in [5.74, 6) is -0.154. The minimum atomic E-state index is -1.37. The zero-order chi connectivity index (χ0) is 13.1. The van der Waals surface area contributed by atoms with Gasteiger partial charge >= 0.3 is 0 Å². The summed E-state index contributed by atoms with van der Waals surface area (Å²) in [7, 11) is 0. The number of benzene rings is 1. The molecule has 0 aromatic heterocycles. The molecule has 2 aliphatic heterocycles. The van der Waals surface area contributed by atoms with Crippen LogP contribution >= 0.6 is 28.1 Å². The Morgan fingerprint density at radius 3 is 3.00 bits per heavy atom. The van der Waals surface area contributed by atoms with Crippen LogP contribution in [-0.2, 0) is 10.5 Å². The van der Waals surface area contributed by atoms with E-state index >= 15 is 0 Å². The van der Waals surface area contributed by atoms with Crippen molar-refractivity contribution in [1.82, 2.24) is 10.6 Å². The monoisotopic (exact) mass is 327 g/mol. The molecule has 94 valence electrons. The van der Waals surface area contributed by atoms with E-state index in [0.717, 1.165) is 4.47 Å². The number of aliphatic hydroxyl groups is 1. The second-order valence-electron chi connectivity index (χ2n) is 4.32. The number of halogens is 1. The van der Waals surface area contributed by atoms with E-state index in [1.807, 2.05) is 6.07 Å². The van der Waals surface area contributed by atoms with Gasteiger partial charge in [-0.25, -0.2) is 0 Å². The molecule has 0 saturated carbocycles. The van der Waals surface area contributed by atoms with Gasteiger partial charge in [0.1, 0.15) is 0 Å². The van der Waals surface area contributed by atoms with Gasteiger partial charge in [0.15, 0.2) is 11.3 Å². The van der Waals surface area contributed by atoms with Gasteiger partial charge in [-0.05, 0) is 30.4 Å². The molecular formula is C11H10BrN3O2S. The first kappa shape index (κ1) is 11.9. The van der Waals surface area contributed by atoms with Gasteiger partial charge in [-0.2, -0.15) is 0 Å². The molecule has 1 aromatic carbocycles. The van der Waals surface area contributed by atoms with Crippen molar-refractivity contribution in [2.24, 2.45) is 0 Å². The average molecular weight is 328 g/mol. The highest BCUT2D eigenvalue weighted by molar-refractivity contribution is 9.10. The number of nitrogens with one attached hydrogen (secondary N) is 2. The highest BCUT2D eigenvalue weighted by Gasteiger charge is 2.56. The number of rotatable bonds is 0. The predicted molar refractivity (Wildman–Crippen MR) is 73.9 cm³/mol. The van der Waals surface area contributed by atoms with Crippen LogP contribution in [0.4, 0.5) is 5.69 Å². The van der Waals surface area contributed by atoms with Crippen LogP contribution in [0.2, 0.25) is 0 Å². The lowest BCUT2D eigenvalue weighted by atomic mass is 10.0. The van der Waals surface area contributed by atoms with Crippen molar-refractivity contribution in [2.45, 2.75) is 18.8 Å². The quantitative estimate of drug-likeness (QED) is 0.614. The van der Waals surface area contributed by atoms with Gasteiger partial charge in [0.25, 0.3) is 0 Å². The molecule has 3 N–H and O–H groups in total. The molecule has 2 heterocycles. The largest absolute Gasteiger partial charge is 0.364 e. The Balaban J connectivity index is 2.23. The molecule has 18 heavy (non-hydrogen) atoms. The van der Waals surface area contributed by atoms with Crippen molar-refractivity contribution in [1.29, 1.82) is 0 Å². The van der Waals surface area contributed by atoms with Gasteiger partial charge in [0.2, 0.25) is 11.6 Å². The van der Waals surface area contributed by atoms with E-state index in [2.05, 4.69) is 26.6 Å². The number of fused-ring (bicyclic) bond motifs is 3. The van der Waals surface area contributed by atoms with Gasteiger partial charge in [-0.3, -0.25) is 9.69 Å². The summed E-state index contributed by atoms with van der Waals surface area (Å²) in [6.07, 6.45) is -0.605. The number of hydrogen-bond acceptors (Lipinski definition) is 3. The maximum absolute atomic E-state index is 11.8. The van der Waals surface area contributed by atoms with Crippen molar-refractivity contribution in [3.05, 3.63) is 28.2 Å². The highest BCUT2D eigenvalue weighted by atomic mass is 79.9. The van der Waals surface area contributed by atoms with Crippen LogP contribution in [0.15, 0.2) is 22.7 Å². The molecule has 3 rings (SSSR count). The van der Waals surface area contributed by atoms with Crippen molar-refractivity contribution in [2.75, 3.05) is 4.90 Å². The Hall–Kier alpha value is -1.18. The van der Waals surface area contributed by atoms with Gasteiger partial charge < -0.3 is 15.7 Å². The van der Waals surface area contributed by atoms with Crippen LogP contribution in [0.5, 0.6) is 0 Å². The lowest BCUT2D eigenvalue weighted by Gasteiger charge is -2.26. The zero-order valence-electron chi connectivity index (χ0n) is 9.40. The molecule has 1 fully saturated rings. The normalized spacial score (nSPS) is 28.5. The minimum Gasteiger partial charge on any atom is -0.364 e. The molecule has 2 aliphatic rings. The SMILES string of the molecule is CC(=O)N1c2ccc(Br)cc2[C@@]2(O)NC(=S)N[C@H]12. The maximum Gasteiger partial charge on any atom is 0.225 e. The first-order valence-corrected chi connectivity index (χ1v) is 6.54. The zero-order valence-corrected chi connectivity index (χ0v) is 11.8. The average Bonchev–Trinajstić information content (AvgIpc) is 2.67. The third kappa shape index (κ3) is 1.41. The molecule has 0 spiro atoms. The molecule has 0 bridgehead atoms. The van der Waals surface area contributed by atoms with Crippen LogP contribution in [-0.4, -0.2) is 22.3 Å². The molecule has 0 aliphatic carbocycles. The van der Waals surface area contributed by atoms with Gasteiger partial charge in [-0.15, -0.1) is 0 Å². The second-order valence-corrected chi connectivity index (χ2v) is 5.64. The lowest BCUT2D eigenvalue weighted by molar-refractivity contribution is -0.118. The van der Waals surface area contributed by atoms with E-state index in [4.69, 9.17) is 12.2 Å². The van der Waals surface area contributed by atoms with Gasteiger partial charge in [0, 0.05) is 17.0 Å². The standard InChI is InChI=1S/C11H10BrN3O2S/c1-5(16)15-8-3-2-6(12)4-7(8)11(17)9(15)13-10(18)14-11/h2-4,9,17H,1H3,(H2,13,14,18)/t9-,11+/m1/s1. The number of anilines is 1. The number of amides is 1. The van der Waals surface area contributed by atoms with Crippen molar-refractivity contribution in [3.63, 3.8) is 0 Å². The highest BCUT2D eigenvalue weighted by Crippen LogP contribution is 2.44. The van der Waals surface area contributed by atoms with Crippen LogP contribution in [0.3, 0.4) is 0 Å². The van der Waals surface area contributed by atoms with E-state index in [0.29, 0.717) is 16.4 Å². The summed E-state index contributed by atoms with van der Waals surface area (Å²) in [5, 5.41) is 16.8. The maximum atomic E-state index is 11.8. The van der Waals surface area contributed by atoms with Crippen LogP contribution < -0.4 is 15.5 Å². The molecule has 1 aromatic rings. The van der Waals surface area contributed by atoms with Crippen LogP contribution in [0.1, 0.15) is 12.5 Å². The first-order chi connectivity index (χ1) is 8.43. The lowest BCUT2D eigenvalue weighted by Crippen LogP contribution is -2.52. The Morgan fingerprint density at radius 2 is 2.33 bits per heavy atom. The van der Waals surface area contributed by atoms with Crippen molar-refractivity contribution >= 4 is 44.9 Å². The Bertz CT molecular complexity index is 579. The predicted octanol–water partition coefficient (Wildman–Crippen LogP) is 0.764. The van der Waals surface area contributed by atoms with E-state index < -0.39 is 11.9 Å². The summed E-state index contributed by atoms with van der Waals surface area (Å²) >= 11 is 8.38. The topological polar surface area (TPSA) is 64.6 Å². The minimum absolute atomic E-state index is 0.154. The Kier molecular flexibility index (Phi) is 2.42. The summed E-state index contributed by atoms with van der Waals surface area (Å²) in [6, 6.07) is 5.41. The summed E-state index contributed by atoms with van der Waals surface area (Å²) in [6.45, 7) is 1.46. The summed E-state index contributed by atoms with van der Waals surface area (Å²) in [4.78, 5) is 13.3. The van der Waals surface area contributed by atoms with E-state index in [-0.39, 0.29) is 5.91 Å². The van der Waals surface area contributed by atoms with E-state index in [9.17, 15) is 9.90 Å². The van der Waals surface area contributed by atoms with Crippen molar-refractivity contribution in [3.8, 4) is 0 Å². The third-order valence-electron chi connectivity index (χ3n) is 3.19. The molecule has 1 amide bonds. The fourth-order valence-corrected chi connectivity index (χ4v) is 3.11. The molecule has 2 atom stereocenters. The fourth-order valence-electron chi connectivity index (χ4n) is 2.49. The molecule has 0 unspecified atom stereocenters. The first-order valence-electron chi connectivity index (χ1n) is 5.34. The number of carbonyl (C=O) groups is 1. The van der Waals surface area contributed by atoms with Crippen LogP contribution in [0.25, 0.3) is 0 Å². The van der Waals surface area contributed by atoms with E-state index in [1.165, 1.54) is 11.8 Å². The smallest absolute Gasteiger partial charge is 0.225 e. The number of nitrogens with zero attached hydrogens (tertiary/aromatic N) is 1. The van der Waals surface area contributed by atoms with Crippen LogP contribution in [0, 0.1) is 0 Å². The van der Waals surface area contributed by atoms with Gasteiger partial charge in [0.05, 0.1) is 5.69 Å². The molecular weight excluding hydrogens is 318 g/mol. The summed E-state index contributed by atoms with van der Waals surface area (Å²) < 4.78 is 0.832. The van der Waals surface area contributed by atoms with Crippen molar-refractivity contribution < 1.29 is 9.90 Å². The van der Waals surface area contributed by atoms with E-state index in [1.54, 1.807) is 12.1 Å². The fraction of sp³-hybridized carbons (Fsp3) is 0.273. The third-order valence-corrected chi connectivity index (χ3v) is 3.91. The molecule has 1 saturated heterocycles. The number of carbonyl (C=O) groups excluding carboxylic acids is 1. The second kappa shape index (κ2) is 3.66. The molecule has 5 nitrogen and oxygen atoms in total. The Morgan fingerprint density at radius 1 is 1.61 bits per heavy atom. The number of thiocarbonyl (C=S) groups is 1. The molecule has 0 radical (unpaired) electrons. The Labute approximate surface area is 117 Å². The summed E-state index contributed by atoms with van der Waals surface area (Å²) in [5.41, 5.74) is -0.0628. The number of hydrogen-bond donors (Lipinski definition) is 3. The van der Waals surface area contributed by atoms with Gasteiger partial charge in [-0.1, -0.05) is 15.9 Å².